The third-order valence-electron chi connectivity index (χ3n) is 5.64. The van der Waals surface area contributed by atoms with Crippen LogP contribution in [-0.4, -0.2) is 57.0 Å². The average Bonchev–Trinajstić information content (AvgIpc) is 3.43. The van der Waals surface area contributed by atoms with Crippen molar-refractivity contribution in [2.24, 2.45) is 0 Å². The van der Waals surface area contributed by atoms with Crippen LogP contribution >= 0.6 is 11.8 Å². The Morgan fingerprint density at radius 2 is 1.88 bits per heavy atom. The van der Waals surface area contributed by atoms with Gasteiger partial charge in [0.25, 0.3) is 5.91 Å². The van der Waals surface area contributed by atoms with Crippen LogP contribution in [0.25, 0.3) is 11.0 Å². The van der Waals surface area contributed by atoms with Crippen LogP contribution in [0.4, 0.5) is 0 Å². The van der Waals surface area contributed by atoms with E-state index in [4.69, 9.17) is 4.52 Å². The number of fused-ring (bicyclic) bond motifs is 1. The Labute approximate surface area is 190 Å². The van der Waals surface area contributed by atoms with E-state index in [9.17, 15) is 4.79 Å². The van der Waals surface area contributed by atoms with Gasteiger partial charge in [-0.15, -0.1) is 11.8 Å². The molecule has 32 heavy (non-hydrogen) atoms. The zero-order valence-electron chi connectivity index (χ0n) is 18.0. The third kappa shape index (κ3) is 4.56. The number of H-pyrrole nitrogens is 1. The summed E-state index contributed by atoms with van der Waals surface area (Å²) in [5, 5.41) is 4.05. The molecule has 7 nitrogen and oxygen atoms in total. The number of carbonyl (C=O) groups is 1. The van der Waals surface area contributed by atoms with E-state index >= 15 is 0 Å². The predicted molar refractivity (Wildman–Crippen MR) is 125 cm³/mol. The monoisotopic (exact) mass is 447 g/mol. The first-order valence-corrected chi connectivity index (χ1v) is 11.7. The van der Waals surface area contributed by atoms with Gasteiger partial charge < -0.3 is 14.4 Å². The molecule has 1 aliphatic rings. The van der Waals surface area contributed by atoms with E-state index in [1.165, 1.54) is 0 Å². The lowest BCUT2D eigenvalue weighted by atomic mass is 10.2. The predicted octanol–water partition coefficient (Wildman–Crippen LogP) is 4.11. The van der Waals surface area contributed by atoms with Crippen molar-refractivity contribution < 1.29 is 9.32 Å². The Morgan fingerprint density at radius 1 is 1.09 bits per heavy atom. The molecule has 1 saturated heterocycles. The number of carbonyl (C=O) groups excluding carboxylic acids is 1. The first-order valence-electron chi connectivity index (χ1n) is 10.7. The lowest BCUT2D eigenvalue weighted by molar-refractivity contribution is 0.0622. The molecule has 0 bridgehead atoms. The highest BCUT2D eigenvalue weighted by atomic mass is 32.2. The molecule has 1 aliphatic heterocycles. The second-order valence-electron chi connectivity index (χ2n) is 7.98. The summed E-state index contributed by atoms with van der Waals surface area (Å²) < 4.78 is 5.15. The van der Waals surface area contributed by atoms with E-state index in [0.29, 0.717) is 18.8 Å². The number of aromatic nitrogens is 3. The number of hydrogen-bond acceptors (Lipinski definition) is 6. The largest absolute Gasteiger partial charge is 0.361 e. The van der Waals surface area contributed by atoms with E-state index in [1.807, 2.05) is 66.4 Å². The fourth-order valence-electron chi connectivity index (χ4n) is 3.98. The Bertz CT molecular complexity index is 1190. The lowest BCUT2D eigenvalue weighted by Crippen LogP contribution is -2.48. The van der Waals surface area contributed by atoms with Gasteiger partial charge in [0.15, 0.2) is 0 Å². The van der Waals surface area contributed by atoms with Gasteiger partial charge in [-0.25, -0.2) is 4.98 Å². The molecule has 0 radical (unpaired) electrons. The Balaban J connectivity index is 1.20. The van der Waals surface area contributed by atoms with Gasteiger partial charge in [-0.2, -0.15) is 0 Å². The molecule has 0 saturated carbocycles. The van der Waals surface area contributed by atoms with Gasteiger partial charge in [0.05, 0.1) is 28.8 Å². The van der Waals surface area contributed by atoms with Gasteiger partial charge in [0.2, 0.25) is 0 Å². The number of rotatable bonds is 6. The fraction of sp³-hybridized carbons (Fsp3) is 0.292. The van der Waals surface area contributed by atoms with Crippen molar-refractivity contribution in [1.29, 1.82) is 0 Å². The number of aryl methyl sites for hydroxylation is 1. The highest BCUT2D eigenvalue weighted by Gasteiger charge is 2.24. The quantitative estimate of drug-likeness (QED) is 0.448. The average molecular weight is 448 g/mol. The highest BCUT2D eigenvalue weighted by molar-refractivity contribution is 7.98. The third-order valence-corrected chi connectivity index (χ3v) is 6.75. The molecule has 0 unspecified atom stereocenters. The molecule has 164 valence electrons. The molecule has 1 fully saturated rings. The molecule has 0 atom stereocenters. The number of aromatic amines is 1. The molecule has 8 heteroatoms. The Hall–Kier alpha value is -3.10. The van der Waals surface area contributed by atoms with Gasteiger partial charge in [-0.3, -0.25) is 9.69 Å². The number of thioether (sulfide) groups is 1. The standard InChI is InChI=1S/C24H25N5O2S/c1-17-14-18(27-31-17)16-32-22-9-5-2-6-19(22)24(30)29-12-10-28(11-13-29)15-23-25-20-7-3-4-8-21(20)26-23/h2-9,14H,10-13,15-16H2,1H3,(H,25,26). The summed E-state index contributed by atoms with van der Waals surface area (Å²) >= 11 is 1.62. The summed E-state index contributed by atoms with van der Waals surface area (Å²) in [4.78, 5) is 26.6. The van der Waals surface area contributed by atoms with Crippen LogP contribution in [0.3, 0.4) is 0 Å². The summed E-state index contributed by atoms with van der Waals surface area (Å²) in [6, 6.07) is 17.8. The molecule has 2 aromatic carbocycles. The number of benzene rings is 2. The van der Waals surface area contributed by atoms with Gasteiger partial charge >= 0.3 is 0 Å². The van der Waals surface area contributed by atoms with E-state index in [-0.39, 0.29) is 5.91 Å². The first-order chi connectivity index (χ1) is 15.7. The molecule has 4 aromatic rings. The SMILES string of the molecule is Cc1cc(CSc2ccccc2C(=O)N2CCN(Cc3nc4ccccc4[nH]3)CC2)no1. The van der Waals surface area contributed by atoms with Crippen LogP contribution in [0.2, 0.25) is 0 Å². The summed E-state index contributed by atoms with van der Waals surface area (Å²) in [7, 11) is 0. The smallest absolute Gasteiger partial charge is 0.255 e. The minimum atomic E-state index is 0.0906. The molecule has 1 amide bonds. The topological polar surface area (TPSA) is 78.3 Å². The van der Waals surface area contributed by atoms with Gasteiger partial charge in [-0.05, 0) is 31.2 Å². The minimum absolute atomic E-state index is 0.0906. The Kier molecular flexibility index (Phi) is 5.96. The molecular formula is C24H25N5O2S. The number of imidazole rings is 1. The van der Waals surface area contributed by atoms with E-state index < -0.39 is 0 Å². The number of nitrogens with zero attached hydrogens (tertiary/aromatic N) is 4. The highest BCUT2D eigenvalue weighted by Crippen LogP contribution is 2.27. The number of piperazine rings is 1. The van der Waals surface area contributed by atoms with Crippen molar-refractivity contribution >= 4 is 28.7 Å². The second-order valence-corrected chi connectivity index (χ2v) is 9.00. The van der Waals surface area contributed by atoms with Gasteiger partial charge in [0, 0.05) is 42.9 Å². The number of para-hydroxylation sites is 2. The van der Waals surface area contributed by atoms with Crippen LogP contribution in [0.1, 0.15) is 27.6 Å². The summed E-state index contributed by atoms with van der Waals surface area (Å²) in [6.45, 7) is 5.72. The van der Waals surface area contributed by atoms with E-state index in [1.54, 1.807) is 11.8 Å². The molecule has 3 heterocycles. The minimum Gasteiger partial charge on any atom is -0.361 e. The van der Waals surface area contributed by atoms with Crippen LogP contribution in [0.5, 0.6) is 0 Å². The number of nitrogens with one attached hydrogen (secondary N) is 1. The summed E-state index contributed by atoms with van der Waals surface area (Å²) in [5.74, 6) is 2.53. The van der Waals surface area contributed by atoms with Crippen molar-refractivity contribution in [3.05, 3.63) is 77.4 Å². The zero-order valence-corrected chi connectivity index (χ0v) is 18.8. The number of hydrogen-bond donors (Lipinski definition) is 1. The number of amides is 1. The van der Waals surface area contributed by atoms with Crippen molar-refractivity contribution in [2.45, 2.75) is 24.1 Å². The van der Waals surface area contributed by atoms with Crippen molar-refractivity contribution in [2.75, 3.05) is 26.2 Å². The molecule has 0 spiro atoms. The van der Waals surface area contributed by atoms with E-state index in [0.717, 1.165) is 58.4 Å². The molecule has 0 aliphatic carbocycles. The molecule has 2 aromatic heterocycles. The molecule has 5 rings (SSSR count). The second kappa shape index (κ2) is 9.18. The van der Waals surface area contributed by atoms with Gasteiger partial charge in [0.1, 0.15) is 11.6 Å². The van der Waals surface area contributed by atoms with Crippen LogP contribution in [0.15, 0.2) is 64.0 Å². The van der Waals surface area contributed by atoms with Gasteiger partial charge in [-0.1, -0.05) is 29.4 Å². The Morgan fingerprint density at radius 3 is 2.66 bits per heavy atom. The normalized spacial score (nSPS) is 14.8. The maximum absolute atomic E-state index is 13.3. The van der Waals surface area contributed by atoms with Crippen LogP contribution in [-0.2, 0) is 12.3 Å². The summed E-state index contributed by atoms with van der Waals surface area (Å²) in [6.07, 6.45) is 0. The zero-order chi connectivity index (χ0) is 21.9. The van der Waals surface area contributed by atoms with Crippen molar-refractivity contribution in [3.63, 3.8) is 0 Å². The lowest BCUT2D eigenvalue weighted by Gasteiger charge is -2.34. The fourth-order valence-corrected chi connectivity index (χ4v) is 4.90. The van der Waals surface area contributed by atoms with E-state index in [2.05, 4.69) is 20.0 Å². The summed E-state index contributed by atoms with van der Waals surface area (Å²) in [5.41, 5.74) is 3.69. The maximum Gasteiger partial charge on any atom is 0.255 e. The molecule has 1 N–H and O–H groups in total. The van der Waals surface area contributed by atoms with Crippen molar-refractivity contribution in [3.8, 4) is 0 Å². The van der Waals surface area contributed by atoms with Crippen LogP contribution < -0.4 is 0 Å². The maximum atomic E-state index is 13.3. The van der Waals surface area contributed by atoms with Crippen LogP contribution in [0, 0.1) is 6.92 Å². The van der Waals surface area contributed by atoms with Crippen molar-refractivity contribution in [1.82, 2.24) is 24.9 Å². The molecular weight excluding hydrogens is 422 g/mol. The first kappa shape index (κ1) is 20.8.